The first-order valence-corrected chi connectivity index (χ1v) is 8.61. The first kappa shape index (κ1) is 19.9. The number of halogens is 3. The lowest BCUT2D eigenvalue weighted by atomic mass is 10.1. The summed E-state index contributed by atoms with van der Waals surface area (Å²) in [5, 5.41) is 7.39. The average molecular weight is 396 g/mol. The van der Waals surface area contributed by atoms with Gasteiger partial charge < -0.3 is 14.5 Å². The maximum Gasteiger partial charge on any atom is 0.411 e. The van der Waals surface area contributed by atoms with E-state index in [1.54, 1.807) is 29.1 Å². The van der Waals surface area contributed by atoms with Crippen LogP contribution in [0.15, 0.2) is 35.1 Å². The molecule has 0 saturated carbocycles. The smallest absolute Gasteiger partial charge is 0.411 e. The molecule has 150 valence electrons. The second-order valence-corrected chi connectivity index (χ2v) is 6.38. The highest BCUT2D eigenvalue weighted by molar-refractivity contribution is 6.06. The molecule has 0 atom stereocenters. The lowest BCUT2D eigenvalue weighted by Gasteiger charge is -2.11. The number of carbonyl (C=O) groups is 1. The number of ether oxygens (including phenoxy) is 1. The molecular weight excluding hydrogens is 377 g/mol. The summed E-state index contributed by atoms with van der Waals surface area (Å²) < 4.78 is 47.8. The van der Waals surface area contributed by atoms with Crippen LogP contribution in [0.1, 0.15) is 30.2 Å². The third-order valence-corrected chi connectivity index (χ3v) is 3.87. The van der Waals surface area contributed by atoms with E-state index in [0.29, 0.717) is 28.1 Å². The molecular formula is C18H19F3N4O3. The Morgan fingerprint density at radius 3 is 2.82 bits per heavy atom. The minimum absolute atomic E-state index is 0.0172. The molecule has 3 aromatic rings. The third-order valence-electron chi connectivity index (χ3n) is 3.87. The van der Waals surface area contributed by atoms with E-state index in [1.807, 2.05) is 13.8 Å². The molecule has 28 heavy (non-hydrogen) atoms. The van der Waals surface area contributed by atoms with Gasteiger partial charge >= 0.3 is 6.18 Å². The van der Waals surface area contributed by atoms with E-state index in [1.165, 1.54) is 6.26 Å². The highest BCUT2D eigenvalue weighted by Crippen LogP contribution is 2.26. The number of amides is 1. The SMILES string of the molecule is CC(C)n1ncc2c(C(=O)NCCOCC(F)(F)F)cc(-c3ccco3)nc21. The number of furan rings is 1. The Balaban J connectivity index is 1.84. The van der Waals surface area contributed by atoms with E-state index in [0.717, 1.165) is 0 Å². The van der Waals surface area contributed by atoms with Gasteiger partial charge in [0.25, 0.3) is 5.91 Å². The predicted octanol–water partition coefficient (Wildman–Crippen LogP) is 3.58. The second-order valence-electron chi connectivity index (χ2n) is 6.38. The first-order valence-electron chi connectivity index (χ1n) is 8.61. The van der Waals surface area contributed by atoms with Crippen LogP contribution in [-0.2, 0) is 4.74 Å². The summed E-state index contributed by atoms with van der Waals surface area (Å²) in [5.41, 5.74) is 1.28. The number of hydrogen-bond donors (Lipinski definition) is 1. The van der Waals surface area contributed by atoms with Crippen molar-refractivity contribution in [3.63, 3.8) is 0 Å². The molecule has 7 nitrogen and oxygen atoms in total. The van der Waals surface area contributed by atoms with Gasteiger partial charge in [-0.3, -0.25) is 4.79 Å². The van der Waals surface area contributed by atoms with Crippen molar-refractivity contribution in [2.45, 2.75) is 26.1 Å². The minimum atomic E-state index is -4.40. The Hall–Kier alpha value is -2.88. The van der Waals surface area contributed by atoms with E-state index >= 15 is 0 Å². The number of hydrogen-bond acceptors (Lipinski definition) is 5. The lowest BCUT2D eigenvalue weighted by Crippen LogP contribution is -2.29. The summed E-state index contributed by atoms with van der Waals surface area (Å²) in [6.07, 6.45) is -1.35. The fourth-order valence-corrected chi connectivity index (χ4v) is 2.65. The van der Waals surface area contributed by atoms with Gasteiger partial charge in [-0.1, -0.05) is 0 Å². The molecule has 0 saturated heterocycles. The zero-order valence-corrected chi connectivity index (χ0v) is 15.3. The fraction of sp³-hybridized carbons (Fsp3) is 0.389. The van der Waals surface area contributed by atoms with Gasteiger partial charge in [-0.2, -0.15) is 18.3 Å². The van der Waals surface area contributed by atoms with Gasteiger partial charge in [-0.25, -0.2) is 9.67 Å². The Labute approximate surface area is 158 Å². The summed E-state index contributed by atoms with van der Waals surface area (Å²) in [4.78, 5) is 17.2. The summed E-state index contributed by atoms with van der Waals surface area (Å²) >= 11 is 0. The van der Waals surface area contributed by atoms with Crippen LogP contribution < -0.4 is 5.32 Å². The standard InChI is InChI=1S/C18H19F3N4O3/c1-11(2)25-16-13(9-23-25)12(8-14(24-16)15-4-3-6-28-15)17(26)22-5-7-27-10-18(19,20)21/h3-4,6,8-9,11H,5,7,10H2,1-2H3,(H,22,26). The van der Waals surface area contributed by atoms with Crippen molar-refractivity contribution in [3.8, 4) is 11.5 Å². The van der Waals surface area contributed by atoms with Gasteiger partial charge in [-0.15, -0.1) is 0 Å². The van der Waals surface area contributed by atoms with Crippen LogP contribution in [0.4, 0.5) is 13.2 Å². The molecule has 0 unspecified atom stereocenters. The molecule has 0 fully saturated rings. The number of aromatic nitrogens is 3. The van der Waals surface area contributed by atoms with E-state index < -0.39 is 18.7 Å². The second kappa shape index (κ2) is 8.01. The molecule has 0 radical (unpaired) electrons. The minimum Gasteiger partial charge on any atom is -0.463 e. The highest BCUT2D eigenvalue weighted by Gasteiger charge is 2.27. The Morgan fingerprint density at radius 1 is 1.39 bits per heavy atom. The Kier molecular flexibility index (Phi) is 5.68. The average Bonchev–Trinajstić information content (AvgIpc) is 3.28. The van der Waals surface area contributed by atoms with E-state index in [4.69, 9.17) is 4.42 Å². The van der Waals surface area contributed by atoms with Crippen molar-refractivity contribution in [2.24, 2.45) is 0 Å². The fourth-order valence-electron chi connectivity index (χ4n) is 2.65. The normalized spacial score (nSPS) is 12.1. The Morgan fingerprint density at radius 2 is 2.18 bits per heavy atom. The molecule has 0 aliphatic carbocycles. The van der Waals surface area contributed by atoms with Gasteiger partial charge in [0.2, 0.25) is 0 Å². The summed E-state index contributed by atoms with van der Waals surface area (Å²) in [6, 6.07) is 5.01. The summed E-state index contributed by atoms with van der Waals surface area (Å²) in [6.45, 7) is 2.20. The summed E-state index contributed by atoms with van der Waals surface area (Å²) in [7, 11) is 0. The van der Waals surface area contributed by atoms with Crippen LogP contribution in [-0.4, -0.2) is 46.6 Å². The maximum absolute atomic E-state index is 12.6. The van der Waals surface area contributed by atoms with Gasteiger partial charge in [0, 0.05) is 12.6 Å². The zero-order chi connectivity index (χ0) is 20.3. The Bertz CT molecular complexity index is 949. The predicted molar refractivity (Wildman–Crippen MR) is 94.8 cm³/mol. The highest BCUT2D eigenvalue weighted by atomic mass is 19.4. The topological polar surface area (TPSA) is 82.2 Å². The molecule has 0 aliphatic rings. The molecule has 3 heterocycles. The molecule has 0 spiro atoms. The van der Waals surface area contributed by atoms with Crippen molar-refractivity contribution in [2.75, 3.05) is 19.8 Å². The molecule has 0 aromatic carbocycles. The van der Waals surface area contributed by atoms with Crippen molar-refractivity contribution in [3.05, 3.63) is 36.2 Å². The van der Waals surface area contributed by atoms with Crippen LogP contribution in [0.3, 0.4) is 0 Å². The van der Waals surface area contributed by atoms with E-state index in [-0.39, 0.29) is 19.2 Å². The van der Waals surface area contributed by atoms with Crippen LogP contribution in [0.25, 0.3) is 22.5 Å². The van der Waals surface area contributed by atoms with Gasteiger partial charge in [0.05, 0.1) is 30.0 Å². The van der Waals surface area contributed by atoms with Gasteiger partial charge in [0.1, 0.15) is 12.3 Å². The van der Waals surface area contributed by atoms with Crippen LogP contribution >= 0.6 is 0 Å². The quantitative estimate of drug-likeness (QED) is 0.618. The van der Waals surface area contributed by atoms with E-state index in [2.05, 4.69) is 20.1 Å². The van der Waals surface area contributed by atoms with Crippen LogP contribution in [0.2, 0.25) is 0 Å². The van der Waals surface area contributed by atoms with Crippen LogP contribution in [0, 0.1) is 0 Å². The third kappa shape index (κ3) is 4.50. The number of pyridine rings is 1. The van der Waals surface area contributed by atoms with Crippen LogP contribution in [0.5, 0.6) is 0 Å². The number of nitrogens with zero attached hydrogens (tertiary/aromatic N) is 3. The molecule has 3 rings (SSSR count). The lowest BCUT2D eigenvalue weighted by molar-refractivity contribution is -0.173. The monoisotopic (exact) mass is 396 g/mol. The number of alkyl halides is 3. The van der Waals surface area contributed by atoms with E-state index in [9.17, 15) is 18.0 Å². The van der Waals surface area contributed by atoms with Crippen molar-refractivity contribution in [1.29, 1.82) is 0 Å². The van der Waals surface area contributed by atoms with Crippen molar-refractivity contribution in [1.82, 2.24) is 20.1 Å². The number of nitrogens with one attached hydrogen (secondary N) is 1. The first-order chi connectivity index (χ1) is 13.3. The number of fused-ring (bicyclic) bond motifs is 1. The largest absolute Gasteiger partial charge is 0.463 e. The molecule has 3 aromatic heterocycles. The maximum atomic E-state index is 12.6. The number of rotatable bonds is 7. The summed E-state index contributed by atoms with van der Waals surface area (Å²) in [5.74, 6) is 0.0279. The van der Waals surface area contributed by atoms with Gasteiger partial charge in [-0.05, 0) is 32.0 Å². The zero-order valence-electron chi connectivity index (χ0n) is 15.3. The van der Waals surface area contributed by atoms with Crippen molar-refractivity contribution >= 4 is 16.9 Å². The molecule has 0 aliphatic heterocycles. The van der Waals surface area contributed by atoms with Gasteiger partial charge in [0.15, 0.2) is 11.4 Å². The molecule has 0 bridgehead atoms. The molecule has 1 amide bonds. The molecule has 10 heteroatoms. The van der Waals surface area contributed by atoms with Crippen molar-refractivity contribution < 1.29 is 27.1 Å². The number of carbonyl (C=O) groups excluding carboxylic acids is 1. The molecule has 1 N–H and O–H groups in total.